The van der Waals surface area contributed by atoms with E-state index in [-0.39, 0.29) is 0 Å². The fraction of sp³-hybridized carbons (Fsp3) is 1.00. The van der Waals surface area contributed by atoms with Crippen LogP contribution < -0.4 is 5.32 Å². The Morgan fingerprint density at radius 2 is 1.84 bits per heavy atom. The second-order valence-corrected chi connectivity index (χ2v) is 6.44. The minimum Gasteiger partial charge on any atom is -0.382 e. The molecule has 19 heavy (non-hydrogen) atoms. The zero-order chi connectivity index (χ0) is 14.0. The molecule has 1 aliphatic rings. The van der Waals surface area contributed by atoms with E-state index < -0.39 is 0 Å². The smallest absolute Gasteiger partial charge is 0.0700 e. The van der Waals surface area contributed by atoms with Gasteiger partial charge in [0.15, 0.2) is 0 Å². The molecule has 1 N–H and O–H groups in total. The molecule has 0 bridgehead atoms. The molecule has 0 aromatic carbocycles. The van der Waals surface area contributed by atoms with E-state index in [1.807, 2.05) is 0 Å². The van der Waals surface area contributed by atoms with Crippen LogP contribution in [0.3, 0.4) is 0 Å². The first-order valence-corrected chi connectivity index (χ1v) is 7.96. The van der Waals surface area contributed by atoms with Gasteiger partial charge in [-0.2, -0.15) is 0 Å². The first kappa shape index (κ1) is 16.9. The van der Waals surface area contributed by atoms with Gasteiger partial charge in [0.05, 0.1) is 13.2 Å². The third-order valence-corrected chi connectivity index (χ3v) is 4.08. The van der Waals surface area contributed by atoms with Crippen LogP contribution in [0.25, 0.3) is 0 Å². The fourth-order valence-electron chi connectivity index (χ4n) is 3.34. The van der Waals surface area contributed by atoms with Gasteiger partial charge in [0.2, 0.25) is 0 Å². The predicted octanol–water partition coefficient (Wildman–Crippen LogP) is 3.24. The quantitative estimate of drug-likeness (QED) is 0.585. The number of hydrogen-bond acceptors (Lipinski definition) is 3. The first-order chi connectivity index (χ1) is 9.18. The number of nitrogens with one attached hydrogen (secondary N) is 1. The summed E-state index contributed by atoms with van der Waals surface area (Å²) < 4.78 is 10.4. The van der Waals surface area contributed by atoms with Crippen LogP contribution in [0.15, 0.2) is 0 Å². The molecular formula is C16H33NO2. The van der Waals surface area contributed by atoms with Crippen molar-refractivity contribution in [3.8, 4) is 0 Å². The second-order valence-electron chi connectivity index (χ2n) is 6.44. The Morgan fingerprint density at radius 1 is 1.11 bits per heavy atom. The molecule has 1 saturated carbocycles. The molecule has 0 unspecified atom stereocenters. The molecular weight excluding hydrogens is 238 g/mol. The van der Waals surface area contributed by atoms with Crippen LogP contribution >= 0.6 is 0 Å². The van der Waals surface area contributed by atoms with E-state index >= 15 is 0 Å². The number of rotatable bonds is 11. The highest BCUT2D eigenvalue weighted by Crippen LogP contribution is 2.42. The fourth-order valence-corrected chi connectivity index (χ4v) is 3.34. The molecule has 3 nitrogen and oxygen atoms in total. The Labute approximate surface area is 119 Å². The van der Waals surface area contributed by atoms with Crippen molar-refractivity contribution < 1.29 is 9.47 Å². The summed E-state index contributed by atoms with van der Waals surface area (Å²) in [5, 5.41) is 3.65. The van der Waals surface area contributed by atoms with E-state index in [0.29, 0.717) is 18.6 Å². The standard InChI is InChI=1S/C16H33NO2/c1-15(2)13-16(7-4-5-8-16)14-17-9-6-10-19-12-11-18-3/h15,17H,4-14H2,1-3H3. The maximum Gasteiger partial charge on any atom is 0.0700 e. The van der Waals surface area contributed by atoms with Crippen LogP contribution in [-0.4, -0.2) is 40.0 Å². The van der Waals surface area contributed by atoms with Gasteiger partial charge in [0.1, 0.15) is 0 Å². The SMILES string of the molecule is COCCOCCCNCC1(CC(C)C)CCCC1. The summed E-state index contributed by atoms with van der Waals surface area (Å²) in [6.45, 7) is 9.23. The Bertz CT molecular complexity index is 213. The van der Waals surface area contributed by atoms with Crippen molar-refractivity contribution >= 4 is 0 Å². The van der Waals surface area contributed by atoms with Gasteiger partial charge in [-0.25, -0.2) is 0 Å². The second kappa shape index (κ2) is 9.73. The Hall–Kier alpha value is -0.120. The first-order valence-electron chi connectivity index (χ1n) is 7.96. The molecule has 1 aliphatic carbocycles. The minimum atomic E-state index is 0.588. The average molecular weight is 271 g/mol. The molecule has 0 aliphatic heterocycles. The van der Waals surface area contributed by atoms with Crippen molar-refractivity contribution in [3.05, 3.63) is 0 Å². The molecule has 0 spiro atoms. The van der Waals surface area contributed by atoms with Crippen LogP contribution in [0.1, 0.15) is 52.4 Å². The zero-order valence-electron chi connectivity index (χ0n) is 13.2. The lowest BCUT2D eigenvalue weighted by molar-refractivity contribution is 0.0691. The number of hydrogen-bond donors (Lipinski definition) is 1. The van der Waals surface area contributed by atoms with Crippen LogP contribution in [0.5, 0.6) is 0 Å². The van der Waals surface area contributed by atoms with E-state index in [1.54, 1.807) is 7.11 Å². The summed E-state index contributed by atoms with van der Waals surface area (Å²) >= 11 is 0. The van der Waals surface area contributed by atoms with Crippen molar-refractivity contribution in [1.82, 2.24) is 5.32 Å². The third kappa shape index (κ3) is 7.28. The van der Waals surface area contributed by atoms with Crippen LogP contribution in [0.2, 0.25) is 0 Å². The van der Waals surface area contributed by atoms with Crippen molar-refractivity contribution in [3.63, 3.8) is 0 Å². The monoisotopic (exact) mass is 271 g/mol. The molecule has 1 rings (SSSR count). The molecule has 0 saturated heterocycles. The largest absolute Gasteiger partial charge is 0.382 e. The lowest BCUT2D eigenvalue weighted by Crippen LogP contribution is -2.34. The van der Waals surface area contributed by atoms with Crippen LogP contribution in [0, 0.1) is 11.3 Å². The summed E-state index contributed by atoms with van der Waals surface area (Å²) in [5.74, 6) is 0.817. The van der Waals surface area contributed by atoms with E-state index in [9.17, 15) is 0 Å². The number of ether oxygens (including phenoxy) is 2. The van der Waals surface area contributed by atoms with E-state index in [4.69, 9.17) is 9.47 Å². The number of methoxy groups -OCH3 is 1. The Kier molecular flexibility index (Phi) is 8.67. The Morgan fingerprint density at radius 3 is 2.47 bits per heavy atom. The normalized spacial score (nSPS) is 18.3. The van der Waals surface area contributed by atoms with Gasteiger partial charge in [-0.1, -0.05) is 26.7 Å². The molecule has 0 atom stereocenters. The summed E-state index contributed by atoms with van der Waals surface area (Å²) in [5.41, 5.74) is 0.588. The van der Waals surface area contributed by atoms with E-state index in [1.165, 1.54) is 38.6 Å². The van der Waals surface area contributed by atoms with Crippen molar-refractivity contribution in [2.24, 2.45) is 11.3 Å². The van der Waals surface area contributed by atoms with Gasteiger partial charge in [0.25, 0.3) is 0 Å². The third-order valence-electron chi connectivity index (χ3n) is 4.08. The highest BCUT2D eigenvalue weighted by atomic mass is 16.5. The van der Waals surface area contributed by atoms with Gasteiger partial charge in [-0.15, -0.1) is 0 Å². The predicted molar refractivity (Wildman–Crippen MR) is 80.5 cm³/mol. The molecule has 0 radical (unpaired) electrons. The highest BCUT2D eigenvalue weighted by molar-refractivity contribution is 4.87. The van der Waals surface area contributed by atoms with Gasteiger partial charge in [-0.3, -0.25) is 0 Å². The van der Waals surface area contributed by atoms with Gasteiger partial charge in [0, 0.05) is 20.3 Å². The van der Waals surface area contributed by atoms with Gasteiger partial charge >= 0.3 is 0 Å². The zero-order valence-corrected chi connectivity index (χ0v) is 13.2. The summed E-state index contributed by atoms with van der Waals surface area (Å²) in [4.78, 5) is 0. The average Bonchev–Trinajstić information content (AvgIpc) is 2.80. The molecule has 0 aromatic rings. The van der Waals surface area contributed by atoms with Crippen molar-refractivity contribution in [1.29, 1.82) is 0 Å². The maximum atomic E-state index is 5.47. The molecule has 1 fully saturated rings. The van der Waals surface area contributed by atoms with E-state index in [0.717, 1.165) is 25.5 Å². The topological polar surface area (TPSA) is 30.5 Å². The highest BCUT2D eigenvalue weighted by Gasteiger charge is 2.33. The molecule has 114 valence electrons. The van der Waals surface area contributed by atoms with Gasteiger partial charge < -0.3 is 14.8 Å². The minimum absolute atomic E-state index is 0.588. The molecule has 3 heteroatoms. The maximum absolute atomic E-state index is 5.47. The van der Waals surface area contributed by atoms with Crippen molar-refractivity contribution in [2.75, 3.05) is 40.0 Å². The molecule has 0 heterocycles. The molecule has 0 amide bonds. The van der Waals surface area contributed by atoms with Crippen molar-refractivity contribution in [2.45, 2.75) is 52.4 Å². The Balaban J connectivity index is 2.05. The summed E-state index contributed by atoms with van der Waals surface area (Å²) in [6, 6.07) is 0. The van der Waals surface area contributed by atoms with Crippen LogP contribution in [-0.2, 0) is 9.47 Å². The molecule has 0 aromatic heterocycles. The lowest BCUT2D eigenvalue weighted by atomic mass is 9.78. The lowest BCUT2D eigenvalue weighted by Gasteiger charge is -2.31. The summed E-state index contributed by atoms with van der Waals surface area (Å²) in [6.07, 6.45) is 8.17. The van der Waals surface area contributed by atoms with E-state index in [2.05, 4.69) is 19.2 Å². The van der Waals surface area contributed by atoms with Gasteiger partial charge in [-0.05, 0) is 43.6 Å². The summed E-state index contributed by atoms with van der Waals surface area (Å²) in [7, 11) is 1.71. The van der Waals surface area contributed by atoms with Crippen LogP contribution in [0.4, 0.5) is 0 Å².